The van der Waals surface area contributed by atoms with Crippen LogP contribution in [0.1, 0.15) is 24.8 Å². The molecule has 0 unspecified atom stereocenters. The van der Waals surface area contributed by atoms with E-state index in [4.69, 9.17) is 10.5 Å². The van der Waals surface area contributed by atoms with E-state index in [-0.39, 0.29) is 17.1 Å². The molecule has 1 aliphatic rings. The first kappa shape index (κ1) is 22.1. The van der Waals surface area contributed by atoms with Crippen LogP contribution in [0.15, 0.2) is 30.5 Å². The lowest BCUT2D eigenvalue weighted by Crippen LogP contribution is -2.37. The number of nitrogens with two attached hydrogens (primary N) is 1. The third kappa shape index (κ3) is 4.03. The predicted octanol–water partition coefficient (Wildman–Crippen LogP) is 4.50. The van der Waals surface area contributed by atoms with Gasteiger partial charge in [0.2, 0.25) is 11.7 Å². The SMILES string of the molecule is COc1c([C@@H]2C[C@](C)(C(F)(F)F)S[C@H]2C(=O)Nc2ccnc(N)c2)ccc(F)c1F. The molecule has 1 amide bonds. The molecule has 3 N–H and O–H groups in total. The lowest BCUT2D eigenvalue weighted by molar-refractivity contribution is -0.155. The van der Waals surface area contributed by atoms with Crippen molar-refractivity contribution in [2.75, 3.05) is 18.2 Å². The van der Waals surface area contributed by atoms with Crippen LogP contribution in [-0.2, 0) is 4.79 Å². The summed E-state index contributed by atoms with van der Waals surface area (Å²) in [6, 6.07) is 4.74. The maximum atomic E-state index is 14.2. The molecule has 162 valence electrons. The van der Waals surface area contributed by atoms with E-state index in [1.165, 1.54) is 18.3 Å². The lowest BCUT2D eigenvalue weighted by atomic mass is 9.85. The Balaban J connectivity index is 2.02. The van der Waals surface area contributed by atoms with Crippen molar-refractivity contribution in [3.8, 4) is 5.75 Å². The molecule has 1 aliphatic heterocycles. The molecule has 0 aliphatic carbocycles. The summed E-state index contributed by atoms with van der Waals surface area (Å²) in [5, 5.41) is 1.28. The summed E-state index contributed by atoms with van der Waals surface area (Å²) in [5.74, 6) is -4.72. The summed E-state index contributed by atoms with van der Waals surface area (Å²) >= 11 is 0.428. The first-order chi connectivity index (χ1) is 14.0. The van der Waals surface area contributed by atoms with E-state index >= 15 is 0 Å². The number of alkyl halides is 3. The normalized spacial score (nSPS) is 24.0. The average Bonchev–Trinajstić information content (AvgIpc) is 3.03. The highest BCUT2D eigenvalue weighted by Crippen LogP contribution is 2.59. The topological polar surface area (TPSA) is 77.2 Å². The third-order valence-corrected chi connectivity index (χ3v) is 6.67. The highest BCUT2D eigenvalue weighted by molar-refractivity contribution is 8.02. The smallest absolute Gasteiger partial charge is 0.403 e. The van der Waals surface area contributed by atoms with Crippen LogP contribution in [0.25, 0.3) is 0 Å². The Hall–Kier alpha value is -2.56. The number of carbonyl (C=O) groups is 1. The Morgan fingerprint density at radius 3 is 2.63 bits per heavy atom. The zero-order chi connectivity index (χ0) is 22.3. The average molecular weight is 447 g/mol. The predicted molar refractivity (Wildman–Crippen MR) is 103 cm³/mol. The van der Waals surface area contributed by atoms with E-state index in [2.05, 4.69) is 10.3 Å². The van der Waals surface area contributed by atoms with Crippen LogP contribution in [0.4, 0.5) is 33.5 Å². The van der Waals surface area contributed by atoms with Crippen LogP contribution in [0.5, 0.6) is 5.75 Å². The number of thioether (sulfide) groups is 1. The minimum Gasteiger partial charge on any atom is -0.493 e. The van der Waals surface area contributed by atoms with Crippen LogP contribution >= 0.6 is 11.8 Å². The number of hydrogen-bond acceptors (Lipinski definition) is 5. The molecule has 0 radical (unpaired) electrons. The molecule has 1 fully saturated rings. The summed E-state index contributed by atoms with van der Waals surface area (Å²) in [6.07, 6.45) is -3.81. The van der Waals surface area contributed by atoms with Gasteiger partial charge in [0, 0.05) is 29.4 Å². The van der Waals surface area contributed by atoms with Crippen LogP contribution in [-0.4, -0.2) is 34.2 Å². The van der Waals surface area contributed by atoms with Crippen LogP contribution in [0, 0.1) is 11.6 Å². The molecular weight excluding hydrogens is 429 g/mol. The number of ether oxygens (including phenoxy) is 1. The molecule has 11 heteroatoms. The minimum atomic E-state index is -4.63. The number of aromatic nitrogens is 1. The van der Waals surface area contributed by atoms with Crippen molar-refractivity contribution in [2.45, 2.75) is 35.4 Å². The van der Waals surface area contributed by atoms with Crippen LogP contribution in [0.2, 0.25) is 0 Å². The van der Waals surface area contributed by atoms with Crippen molar-refractivity contribution in [2.24, 2.45) is 0 Å². The highest BCUT2D eigenvalue weighted by atomic mass is 32.2. The zero-order valence-electron chi connectivity index (χ0n) is 15.9. The maximum absolute atomic E-state index is 14.2. The summed E-state index contributed by atoms with van der Waals surface area (Å²) in [7, 11) is 1.08. The van der Waals surface area contributed by atoms with Crippen molar-refractivity contribution in [3.05, 3.63) is 47.7 Å². The molecular formula is C19H18F5N3O2S. The van der Waals surface area contributed by atoms with Gasteiger partial charge < -0.3 is 15.8 Å². The second-order valence-electron chi connectivity index (χ2n) is 7.02. The Bertz CT molecular complexity index is 972. The van der Waals surface area contributed by atoms with Gasteiger partial charge in [-0.2, -0.15) is 17.6 Å². The van der Waals surface area contributed by atoms with Gasteiger partial charge in [0.05, 0.1) is 12.4 Å². The molecule has 2 aromatic rings. The van der Waals surface area contributed by atoms with Crippen molar-refractivity contribution >= 4 is 29.2 Å². The Kier molecular flexibility index (Phi) is 5.85. The molecule has 0 spiro atoms. The van der Waals surface area contributed by atoms with Gasteiger partial charge in [0.25, 0.3) is 0 Å². The fraction of sp³-hybridized carbons (Fsp3) is 0.368. The van der Waals surface area contributed by atoms with Crippen LogP contribution in [0.3, 0.4) is 0 Å². The Morgan fingerprint density at radius 2 is 2.03 bits per heavy atom. The maximum Gasteiger partial charge on any atom is 0.403 e. The fourth-order valence-electron chi connectivity index (χ4n) is 3.41. The molecule has 3 atom stereocenters. The fourth-order valence-corrected chi connectivity index (χ4v) is 4.96. The first-order valence-electron chi connectivity index (χ1n) is 8.75. The first-order valence-corrected chi connectivity index (χ1v) is 9.63. The number of nitrogens with zero attached hydrogens (tertiary/aromatic N) is 1. The van der Waals surface area contributed by atoms with Crippen molar-refractivity contribution in [1.29, 1.82) is 0 Å². The van der Waals surface area contributed by atoms with Gasteiger partial charge in [0.1, 0.15) is 10.6 Å². The van der Waals surface area contributed by atoms with Gasteiger partial charge in [-0.05, 0) is 25.5 Å². The molecule has 0 bridgehead atoms. The molecule has 1 aromatic heterocycles. The van der Waals surface area contributed by atoms with E-state index in [1.54, 1.807) is 0 Å². The third-order valence-electron chi connectivity index (χ3n) is 4.95. The number of carbonyl (C=O) groups excluding carboxylic acids is 1. The van der Waals surface area contributed by atoms with E-state index in [0.29, 0.717) is 11.8 Å². The molecule has 3 rings (SSSR count). The van der Waals surface area contributed by atoms with E-state index in [9.17, 15) is 26.7 Å². The van der Waals surface area contributed by atoms with Gasteiger partial charge in [-0.3, -0.25) is 4.79 Å². The summed E-state index contributed by atoms with van der Waals surface area (Å²) in [4.78, 5) is 16.7. The number of nitrogen functional groups attached to an aromatic ring is 1. The largest absolute Gasteiger partial charge is 0.493 e. The summed E-state index contributed by atoms with van der Waals surface area (Å²) in [6.45, 7) is 0.981. The number of methoxy groups -OCH3 is 1. The van der Waals surface area contributed by atoms with Crippen molar-refractivity contribution < 1.29 is 31.5 Å². The van der Waals surface area contributed by atoms with E-state index < -0.39 is 51.8 Å². The number of rotatable bonds is 4. The number of hydrogen-bond donors (Lipinski definition) is 2. The van der Waals surface area contributed by atoms with E-state index in [0.717, 1.165) is 26.2 Å². The molecule has 5 nitrogen and oxygen atoms in total. The van der Waals surface area contributed by atoms with Crippen molar-refractivity contribution in [3.63, 3.8) is 0 Å². The van der Waals surface area contributed by atoms with Gasteiger partial charge >= 0.3 is 6.18 Å². The number of pyridine rings is 1. The van der Waals surface area contributed by atoms with Gasteiger partial charge in [-0.1, -0.05) is 6.07 Å². The second kappa shape index (κ2) is 7.93. The summed E-state index contributed by atoms with van der Waals surface area (Å²) < 4.78 is 71.7. The number of anilines is 2. The number of amides is 1. The van der Waals surface area contributed by atoms with Crippen LogP contribution < -0.4 is 15.8 Å². The lowest BCUT2D eigenvalue weighted by Gasteiger charge is -2.26. The summed E-state index contributed by atoms with van der Waals surface area (Å²) in [5.41, 5.74) is 5.81. The standard InChI is InChI=1S/C19H18F5N3O2S/c1-18(19(22,23)24)8-11(10-3-4-12(20)14(21)15(10)29-2)16(30-18)17(28)27-9-5-6-26-13(25)7-9/h3-7,11,16H,8H2,1-2H3,(H3,25,26,27,28)/t11-,16+,18+/m0/s1. The molecule has 2 heterocycles. The van der Waals surface area contributed by atoms with Gasteiger partial charge in [-0.15, -0.1) is 11.8 Å². The Morgan fingerprint density at radius 1 is 1.33 bits per heavy atom. The van der Waals surface area contributed by atoms with Gasteiger partial charge in [0.15, 0.2) is 11.6 Å². The number of nitrogens with one attached hydrogen (secondary N) is 1. The molecule has 1 aromatic carbocycles. The highest BCUT2D eigenvalue weighted by Gasteiger charge is 2.60. The van der Waals surface area contributed by atoms with E-state index in [1.807, 2.05) is 0 Å². The second-order valence-corrected chi connectivity index (χ2v) is 8.66. The quantitative estimate of drug-likeness (QED) is 0.675. The Labute approximate surface area is 173 Å². The molecule has 30 heavy (non-hydrogen) atoms. The molecule has 0 saturated carbocycles. The number of benzene rings is 1. The minimum absolute atomic E-state index is 0.00809. The number of halogens is 5. The molecule has 1 saturated heterocycles. The van der Waals surface area contributed by atoms with Crippen molar-refractivity contribution in [1.82, 2.24) is 4.98 Å². The monoisotopic (exact) mass is 447 g/mol. The zero-order valence-corrected chi connectivity index (χ0v) is 16.7. The van der Waals surface area contributed by atoms with Gasteiger partial charge in [-0.25, -0.2) is 9.37 Å².